The molecule has 0 saturated carbocycles. The van der Waals surface area contributed by atoms with E-state index in [1.54, 1.807) is 0 Å². The topological polar surface area (TPSA) is 242 Å². The number of rotatable bonds is 6. The molecule has 2 aromatic heterocycles. The predicted molar refractivity (Wildman–Crippen MR) is 132 cm³/mol. The summed E-state index contributed by atoms with van der Waals surface area (Å²) in [7, 11) is 0. The lowest BCUT2D eigenvalue weighted by molar-refractivity contribution is -0.386. The second-order valence-corrected chi connectivity index (χ2v) is 6.86. The van der Waals surface area contributed by atoms with Crippen LogP contribution in [-0.4, -0.2) is 56.0 Å². The number of H-pyrrole nitrogens is 2. The fraction of sp³-hybridized carbons (Fsp3) is 0. The highest BCUT2D eigenvalue weighted by Crippen LogP contribution is 2.40. The molecule has 2 heterocycles. The minimum absolute atomic E-state index is 0. The van der Waals surface area contributed by atoms with Crippen LogP contribution in [0.15, 0.2) is 36.7 Å². The molecular weight excluding hydrogens is 616 g/mol. The molecule has 0 bridgehead atoms. The number of carbonyl (C=O) groups is 1. The van der Waals surface area contributed by atoms with Gasteiger partial charge >= 0.3 is 11.4 Å². The normalized spacial score (nSPS) is 10.2. The van der Waals surface area contributed by atoms with E-state index in [0.29, 0.717) is 0 Å². The Hall–Kier alpha value is -4.51. The minimum Gasteiger partial charge on any atom is -0.504 e. The molecular formula is C19H14Br2N6O9. The van der Waals surface area contributed by atoms with Crippen molar-refractivity contribution in [1.29, 1.82) is 0 Å². The SMILES string of the molecule is Br.Br.O=C(c1ncc(-c2cc(O)c(O)c([N+](=O)[O-])c2)[nH]1)c1ncc(-c2cc(O)c(O)c([N+](=O)[O-])c2)[nH]1. The van der Waals surface area contributed by atoms with Gasteiger partial charge in [0, 0.05) is 23.3 Å². The molecule has 36 heavy (non-hydrogen) atoms. The number of nitrogens with zero attached hydrogens (tertiary/aromatic N) is 4. The summed E-state index contributed by atoms with van der Waals surface area (Å²) < 4.78 is 0. The van der Waals surface area contributed by atoms with Crippen LogP contribution in [-0.2, 0) is 0 Å². The fourth-order valence-corrected chi connectivity index (χ4v) is 3.08. The minimum atomic E-state index is -0.909. The molecule has 15 nitrogen and oxygen atoms in total. The lowest BCUT2D eigenvalue weighted by Gasteiger charge is -2.03. The number of phenols is 4. The van der Waals surface area contributed by atoms with Gasteiger partial charge in [0.25, 0.3) is 5.78 Å². The van der Waals surface area contributed by atoms with E-state index in [1.807, 2.05) is 0 Å². The number of nitrogens with one attached hydrogen (secondary N) is 2. The first-order valence-corrected chi connectivity index (χ1v) is 9.13. The van der Waals surface area contributed by atoms with Crippen LogP contribution < -0.4 is 0 Å². The number of halogens is 2. The summed E-state index contributed by atoms with van der Waals surface area (Å²) in [5, 5.41) is 60.8. The van der Waals surface area contributed by atoms with Crippen LogP contribution in [0.5, 0.6) is 23.0 Å². The number of aromatic nitrogens is 4. The Bertz CT molecular complexity index is 1390. The molecule has 0 atom stereocenters. The van der Waals surface area contributed by atoms with Gasteiger partial charge in [-0.2, -0.15) is 0 Å². The molecule has 0 amide bonds. The average Bonchev–Trinajstić information content (AvgIpc) is 3.46. The Morgan fingerprint density at radius 1 is 0.722 bits per heavy atom. The summed E-state index contributed by atoms with van der Waals surface area (Å²) in [6, 6.07) is 4.04. The standard InChI is InChI=1S/C19H12N6O9.2BrH/c26-13-3-7(1-11(15(13)28)24(31)32)9-5-20-18(22-9)17(30)19-21-6-10(23-19)8-2-12(25(33)34)16(29)14(27)4-8;;/h1-6,26-29H,(H,20,22)(H,21,23);2*1H. The number of aromatic hydroxyl groups is 4. The van der Waals surface area contributed by atoms with Gasteiger partial charge in [-0.05, 0) is 12.1 Å². The maximum Gasteiger partial charge on any atom is 0.315 e. The molecule has 0 spiro atoms. The summed E-state index contributed by atoms with van der Waals surface area (Å²) in [6.45, 7) is 0. The number of benzene rings is 2. The lowest BCUT2D eigenvalue weighted by Crippen LogP contribution is -2.06. The monoisotopic (exact) mass is 628 g/mol. The highest BCUT2D eigenvalue weighted by Gasteiger charge is 2.24. The highest BCUT2D eigenvalue weighted by atomic mass is 79.9. The predicted octanol–water partition coefficient (Wildman–Crippen LogP) is 3.49. The van der Waals surface area contributed by atoms with E-state index in [9.17, 15) is 45.4 Å². The molecule has 188 valence electrons. The first-order chi connectivity index (χ1) is 16.1. The molecule has 0 unspecified atom stereocenters. The smallest absolute Gasteiger partial charge is 0.315 e. The third kappa shape index (κ3) is 4.96. The molecule has 0 saturated heterocycles. The number of hydrogen-bond donors (Lipinski definition) is 6. The Morgan fingerprint density at radius 2 is 1.08 bits per heavy atom. The van der Waals surface area contributed by atoms with Gasteiger partial charge in [0.2, 0.25) is 11.5 Å². The molecule has 0 fully saturated rings. The van der Waals surface area contributed by atoms with Crippen molar-refractivity contribution in [2.45, 2.75) is 0 Å². The first kappa shape index (κ1) is 27.7. The number of ketones is 1. The number of carbonyl (C=O) groups excluding carboxylic acids is 1. The van der Waals surface area contributed by atoms with Crippen molar-refractivity contribution in [1.82, 2.24) is 19.9 Å². The average molecular weight is 630 g/mol. The Morgan fingerprint density at radius 3 is 1.42 bits per heavy atom. The van der Waals surface area contributed by atoms with Gasteiger partial charge in [-0.15, -0.1) is 34.0 Å². The van der Waals surface area contributed by atoms with Crippen LogP contribution in [0.25, 0.3) is 22.5 Å². The van der Waals surface area contributed by atoms with E-state index in [2.05, 4.69) is 19.9 Å². The van der Waals surface area contributed by atoms with E-state index in [-0.39, 0.29) is 68.1 Å². The van der Waals surface area contributed by atoms with Crippen LogP contribution in [0, 0.1) is 20.2 Å². The summed E-state index contributed by atoms with van der Waals surface area (Å²) in [5.74, 6) is -4.51. The van der Waals surface area contributed by atoms with E-state index in [0.717, 1.165) is 24.3 Å². The molecule has 0 aliphatic rings. The summed E-state index contributed by atoms with van der Waals surface area (Å²) in [6.07, 6.45) is 2.35. The highest BCUT2D eigenvalue weighted by molar-refractivity contribution is 8.93. The number of nitro benzene ring substituents is 2. The third-order valence-corrected chi connectivity index (χ3v) is 4.74. The zero-order valence-electron chi connectivity index (χ0n) is 17.4. The van der Waals surface area contributed by atoms with Gasteiger partial charge in [-0.1, -0.05) is 0 Å². The molecule has 4 aromatic rings. The fourth-order valence-electron chi connectivity index (χ4n) is 3.08. The van der Waals surface area contributed by atoms with Gasteiger partial charge in [-0.3, -0.25) is 25.0 Å². The van der Waals surface area contributed by atoms with Crippen molar-refractivity contribution in [3.8, 4) is 45.5 Å². The van der Waals surface area contributed by atoms with Crippen LogP contribution >= 0.6 is 34.0 Å². The molecule has 2 aromatic carbocycles. The van der Waals surface area contributed by atoms with Gasteiger partial charge in [0.15, 0.2) is 23.1 Å². The molecule has 6 N–H and O–H groups in total. The Labute approximate surface area is 219 Å². The van der Waals surface area contributed by atoms with Crippen molar-refractivity contribution in [3.63, 3.8) is 0 Å². The zero-order valence-corrected chi connectivity index (χ0v) is 20.8. The Balaban J connectivity index is 0.00000228. The van der Waals surface area contributed by atoms with Crippen molar-refractivity contribution in [2.24, 2.45) is 0 Å². The summed E-state index contributed by atoms with van der Waals surface area (Å²) in [5.41, 5.74) is -1.12. The van der Waals surface area contributed by atoms with Crippen molar-refractivity contribution < 1.29 is 35.1 Å². The van der Waals surface area contributed by atoms with Crippen LogP contribution in [0.1, 0.15) is 16.4 Å². The number of phenolic OH excluding ortho intramolecular Hbond substituents is 4. The number of nitro groups is 2. The van der Waals surface area contributed by atoms with Gasteiger partial charge in [0.05, 0.1) is 33.6 Å². The van der Waals surface area contributed by atoms with Crippen LogP contribution in [0.2, 0.25) is 0 Å². The molecule has 0 aliphatic heterocycles. The van der Waals surface area contributed by atoms with E-state index >= 15 is 0 Å². The zero-order chi connectivity index (χ0) is 24.7. The number of hydrogen-bond acceptors (Lipinski definition) is 11. The molecule has 0 aliphatic carbocycles. The maximum absolute atomic E-state index is 12.7. The van der Waals surface area contributed by atoms with Crippen molar-refractivity contribution >= 4 is 51.1 Å². The Kier molecular flexibility index (Phi) is 8.01. The lowest BCUT2D eigenvalue weighted by atomic mass is 10.1. The second-order valence-electron chi connectivity index (χ2n) is 6.86. The van der Waals surface area contributed by atoms with Crippen LogP contribution in [0.4, 0.5) is 11.4 Å². The third-order valence-electron chi connectivity index (χ3n) is 4.74. The van der Waals surface area contributed by atoms with Crippen LogP contribution in [0.3, 0.4) is 0 Å². The molecule has 4 rings (SSSR count). The quantitative estimate of drug-likeness (QED) is 0.0780. The summed E-state index contributed by atoms with van der Waals surface area (Å²) >= 11 is 0. The second kappa shape index (κ2) is 10.4. The van der Waals surface area contributed by atoms with Gasteiger partial charge in [-0.25, -0.2) is 9.97 Å². The summed E-state index contributed by atoms with van der Waals surface area (Å²) in [4.78, 5) is 46.1. The van der Waals surface area contributed by atoms with Gasteiger partial charge in [0.1, 0.15) is 0 Å². The van der Waals surface area contributed by atoms with E-state index < -0.39 is 50.0 Å². The maximum atomic E-state index is 12.7. The first-order valence-electron chi connectivity index (χ1n) is 9.13. The molecule has 0 radical (unpaired) electrons. The number of imidazole rings is 2. The van der Waals surface area contributed by atoms with E-state index in [1.165, 1.54) is 12.4 Å². The number of aromatic amines is 2. The van der Waals surface area contributed by atoms with Crippen molar-refractivity contribution in [3.05, 3.63) is 68.5 Å². The van der Waals surface area contributed by atoms with Gasteiger partial charge < -0.3 is 30.4 Å². The van der Waals surface area contributed by atoms with E-state index in [4.69, 9.17) is 0 Å². The van der Waals surface area contributed by atoms with Crippen molar-refractivity contribution in [2.75, 3.05) is 0 Å². The largest absolute Gasteiger partial charge is 0.504 e. The molecule has 17 heteroatoms.